The maximum atomic E-state index is 13.4. The zero-order valence-electron chi connectivity index (χ0n) is 11.0. The van der Waals surface area contributed by atoms with Crippen LogP contribution in [0.3, 0.4) is 0 Å². The summed E-state index contributed by atoms with van der Waals surface area (Å²) in [6.45, 7) is 0. The Morgan fingerprint density at radius 2 is 2.40 bits per heavy atom. The van der Waals surface area contributed by atoms with Crippen molar-refractivity contribution in [1.29, 1.82) is 0 Å². The van der Waals surface area contributed by atoms with E-state index < -0.39 is 5.91 Å². The lowest BCUT2D eigenvalue weighted by molar-refractivity contribution is -0.131. The van der Waals surface area contributed by atoms with Gasteiger partial charge in [0.15, 0.2) is 0 Å². The lowest BCUT2D eigenvalue weighted by Gasteiger charge is -2.13. The fourth-order valence-corrected chi connectivity index (χ4v) is 3.26. The number of nitrogens with zero attached hydrogens (tertiary/aromatic N) is 2. The number of aromatic nitrogens is 2. The highest BCUT2D eigenvalue weighted by molar-refractivity contribution is 5.82. The molecular formula is C14H16FN3O2. The first kappa shape index (κ1) is 13.1. The zero-order valence-corrected chi connectivity index (χ0v) is 11.0. The van der Waals surface area contributed by atoms with Gasteiger partial charge in [-0.2, -0.15) is 5.10 Å². The van der Waals surface area contributed by atoms with Crippen LogP contribution in [-0.4, -0.2) is 20.9 Å². The zero-order chi connectivity index (χ0) is 14.3. The van der Waals surface area contributed by atoms with Gasteiger partial charge in [0.25, 0.3) is 0 Å². The SMILES string of the molecule is Cn1cc([C@H]2[C@H](C(=O)NO)[C@@H]2C2C=C(F)C=CC2)cn1. The minimum Gasteiger partial charge on any atom is -0.289 e. The molecule has 20 heavy (non-hydrogen) atoms. The molecule has 106 valence electrons. The first-order valence-electron chi connectivity index (χ1n) is 6.58. The van der Waals surface area contributed by atoms with Crippen LogP contribution in [0.25, 0.3) is 0 Å². The molecule has 2 aliphatic rings. The van der Waals surface area contributed by atoms with E-state index in [0.29, 0.717) is 6.42 Å². The molecule has 2 N–H and O–H groups in total. The minimum atomic E-state index is -0.410. The van der Waals surface area contributed by atoms with Crippen molar-refractivity contribution >= 4 is 5.91 Å². The monoisotopic (exact) mass is 277 g/mol. The lowest BCUT2D eigenvalue weighted by atomic mass is 9.92. The quantitative estimate of drug-likeness (QED) is 0.652. The number of rotatable bonds is 3. The van der Waals surface area contributed by atoms with Gasteiger partial charge in [-0.15, -0.1) is 0 Å². The van der Waals surface area contributed by atoms with E-state index in [1.54, 1.807) is 28.5 Å². The molecule has 1 heterocycles. The van der Waals surface area contributed by atoms with E-state index in [4.69, 9.17) is 5.21 Å². The van der Waals surface area contributed by atoms with Gasteiger partial charge >= 0.3 is 0 Å². The summed E-state index contributed by atoms with van der Waals surface area (Å²) >= 11 is 0. The van der Waals surface area contributed by atoms with Crippen LogP contribution in [0.2, 0.25) is 0 Å². The van der Waals surface area contributed by atoms with E-state index in [9.17, 15) is 9.18 Å². The summed E-state index contributed by atoms with van der Waals surface area (Å²) in [5.41, 5.74) is 2.67. The van der Waals surface area contributed by atoms with E-state index in [0.717, 1.165) is 5.56 Å². The summed E-state index contributed by atoms with van der Waals surface area (Å²) in [5, 5.41) is 13.0. The molecule has 1 amide bonds. The van der Waals surface area contributed by atoms with Crippen molar-refractivity contribution < 1.29 is 14.4 Å². The number of carbonyl (C=O) groups excluding carboxylic acids is 1. The van der Waals surface area contributed by atoms with Gasteiger partial charge in [0.2, 0.25) is 5.91 Å². The Balaban J connectivity index is 1.85. The van der Waals surface area contributed by atoms with Gasteiger partial charge in [-0.05, 0) is 36.0 Å². The third-order valence-corrected chi connectivity index (χ3v) is 4.15. The molecule has 0 spiro atoms. The molecule has 1 aromatic rings. The standard InChI is InChI=1S/C14H16FN3O2/c1-18-7-9(6-16-18)12-11(13(12)14(19)17-20)8-3-2-4-10(15)5-8/h2,4-8,11-13,20H,3H2,1H3,(H,17,19)/t8?,11-,12-,13-/m1/s1. The normalized spacial score (nSPS) is 31.9. The van der Waals surface area contributed by atoms with E-state index in [2.05, 4.69) is 5.10 Å². The number of allylic oxidation sites excluding steroid dienone is 4. The first-order valence-corrected chi connectivity index (χ1v) is 6.58. The summed E-state index contributed by atoms with van der Waals surface area (Å²) in [7, 11) is 1.81. The van der Waals surface area contributed by atoms with Gasteiger partial charge in [0, 0.05) is 19.2 Å². The average Bonchev–Trinajstić information content (AvgIpc) is 3.05. The fourth-order valence-electron chi connectivity index (χ4n) is 3.26. The van der Waals surface area contributed by atoms with Gasteiger partial charge in [-0.3, -0.25) is 14.7 Å². The highest BCUT2D eigenvalue weighted by atomic mass is 19.1. The van der Waals surface area contributed by atoms with Gasteiger partial charge < -0.3 is 0 Å². The number of amides is 1. The van der Waals surface area contributed by atoms with Crippen LogP contribution in [0.1, 0.15) is 17.9 Å². The second kappa shape index (κ2) is 4.86. The third kappa shape index (κ3) is 2.16. The van der Waals surface area contributed by atoms with Crippen LogP contribution in [0.15, 0.2) is 36.4 Å². The number of halogens is 1. The summed E-state index contributed by atoms with van der Waals surface area (Å²) in [6.07, 6.45) is 9.09. The van der Waals surface area contributed by atoms with Gasteiger partial charge in [0.05, 0.1) is 12.1 Å². The smallest absolute Gasteiger partial charge is 0.247 e. The summed E-state index contributed by atoms with van der Waals surface area (Å²) in [4.78, 5) is 11.8. The molecular weight excluding hydrogens is 261 g/mol. The molecule has 6 heteroatoms. The predicted octanol–water partition coefficient (Wildman–Crippen LogP) is 1.68. The number of hydrogen-bond acceptors (Lipinski definition) is 3. The summed E-state index contributed by atoms with van der Waals surface area (Å²) in [5.74, 6) is -1.04. The van der Waals surface area contributed by atoms with Crippen LogP contribution in [0, 0.1) is 17.8 Å². The number of hydrogen-bond donors (Lipinski definition) is 2. The molecule has 0 aromatic carbocycles. The minimum absolute atomic E-state index is 0.00190. The summed E-state index contributed by atoms with van der Waals surface area (Å²) in [6, 6.07) is 0. The molecule has 1 saturated carbocycles. The van der Waals surface area contributed by atoms with Gasteiger partial charge in [0.1, 0.15) is 5.83 Å². The van der Waals surface area contributed by atoms with E-state index in [1.807, 2.05) is 13.2 Å². The molecule has 5 nitrogen and oxygen atoms in total. The second-order valence-corrected chi connectivity index (χ2v) is 5.41. The highest BCUT2D eigenvalue weighted by Gasteiger charge is 2.58. The van der Waals surface area contributed by atoms with Crippen LogP contribution >= 0.6 is 0 Å². The number of aryl methyl sites for hydroxylation is 1. The van der Waals surface area contributed by atoms with Crippen molar-refractivity contribution in [2.24, 2.45) is 24.8 Å². The Morgan fingerprint density at radius 1 is 1.60 bits per heavy atom. The van der Waals surface area contributed by atoms with E-state index >= 15 is 0 Å². The van der Waals surface area contributed by atoms with Crippen molar-refractivity contribution in [3.05, 3.63) is 42.0 Å². The van der Waals surface area contributed by atoms with Gasteiger partial charge in [-0.25, -0.2) is 9.87 Å². The molecule has 0 radical (unpaired) electrons. The Morgan fingerprint density at radius 3 is 3.00 bits per heavy atom. The molecule has 1 fully saturated rings. The molecule has 0 bridgehead atoms. The topological polar surface area (TPSA) is 67.2 Å². The maximum absolute atomic E-state index is 13.4. The van der Waals surface area contributed by atoms with Crippen molar-refractivity contribution in [2.75, 3.05) is 0 Å². The molecule has 0 saturated heterocycles. The van der Waals surface area contributed by atoms with Gasteiger partial charge in [-0.1, -0.05) is 6.08 Å². The number of carbonyl (C=O) groups is 1. The lowest BCUT2D eigenvalue weighted by Crippen LogP contribution is -2.22. The van der Waals surface area contributed by atoms with Crippen molar-refractivity contribution in [3.8, 4) is 0 Å². The highest BCUT2D eigenvalue weighted by Crippen LogP contribution is 2.59. The average molecular weight is 277 g/mol. The van der Waals surface area contributed by atoms with Crippen LogP contribution in [0.5, 0.6) is 0 Å². The van der Waals surface area contributed by atoms with E-state index in [-0.39, 0.29) is 29.5 Å². The first-order chi connectivity index (χ1) is 9.61. The van der Waals surface area contributed by atoms with E-state index in [1.165, 1.54) is 6.08 Å². The molecule has 4 atom stereocenters. The van der Waals surface area contributed by atoms with Crippen molar-refractivity contribution in [3.63, 3.8) is 0 Å². The fraction of sp³-hybridized carbons (Fsp3) is 0.429. The maximum Gasteiger partial charge on any atom is 0.247 e. The van der Waals surface area contributed by atoms with Crippen LogP contribution in [-0.2, 0) is 11.8 Å². The number of nitrogens with one attached hydrogen (secondary N) is 1. The third-order valence-electron chi connectivity index (χ3n) is 4.15. The molecule has 3 rings (SSSR count). The number of hydroxylamine groups is 1. The second-order valence-electron chi connectivity index (χ2n) is 5.41. The molecule has 0 aliphatic heterocycles. The molecule has 2 aliphatic carbocycles. The largest absolute Gasteiger partial charge is 0.289 e. The molecule has 1 aromatic heterocycles. The Hall–Kier alpha value is -1.95. The van der Waals surface area contributed by atoms with Crippen molar-refractivity contribution in [2.45, 2.75) is 12.3 Å². The molecule has 1 unspecified atom stereocenters. The predicted molar refractivity (Wildman–Crippen MR) is 69.3 cm³/mol. The van der Waals surface area contributed by atoms with Crippen LogP contribution < -0.4 is 5.48 Å². The van der Waals surface area contributed by atoms with Crippen molar-refractivity contribution in [1.82, 2.24) is 15.3 Å². The summed E-state index contributed by atoms with van der Waals surface area (Å²) < 4.78 is 15.0. The van der Waals surface area contributed by atoms with Crippen LogP contribution in [0.4, 0.5) is 4.39 Å². The Labute approximate surface area is 115 Å². The Bertz CT molecular complexity index is 593. The Kier molecular flexibility index (Phi) is 3.17.